The van der Waals surface area contributed by atoms with Gasteiger partial charge in [0.05, 0.1) is 6.54 Å². The van der Waals surface area contributed by atoms with Crippen LogP contribution in [0.2, 0.25) is 0 Å². The standard InChI is InChI=1S/C22H23N3OS/c1-3-25-20-9-5-4-8-18(20)19-13-16(10-11-21(19)25)24-15(2)22(26)23-14-17-7-6-12-27-17/h4-13,15,24H,3,14H2,1-2H3,(H,23,26). The van der Waals surface area contributed by atoms with Gasteiger partial charge in [-0.1, -0.05) is 24.3 Å². The van der Waals surface area contributed by atoms with E-state index in [2.05, 4.69) is 64.6 Å². The monoisotopic (exact) mass is 377 g/mol. The summed E-state index contributed by atoms with van der Waals surface area (Å²) in [7, 11) is 0. The molecule has 4 aromatic rings. The molecule has 2 aromatic heterocycles. The van der Waals surface area contributed by atoms with Crippen LogP contribution in [0.4, 0.5) is 5.69 Å². The summed E-state index contributed by atoms with van der Waals surface area (Å²) in [5, 5.41) is 10.8. The first kappa shape index (κ1) is 17.6. The first-order valence-electron chi connectivity index (χ1n) is 9.25. The lowest BCUT2D eigenvalue weighted by molar-refractivity contribution is -0.121. The molecule has 0 aliphatic carbocycles. The molecule has 0 bridgehead atoms. The third-order valence-corrected chi connectivity index (χ3v) is 5.76. The largest absolute Gasteiger partial charge is 0.374 e. The first-order valence-corrected chi connectivity index (χ1v) is 10.1. The van der Waals surface area contributed by atoms with Crippen LogP contribution in [0.1, 0.15) is 18.7 Å². The number of anilines is 1. The molecule has 4 nitrogen and oxygen atoms in total. The molecule has 0 fully saturated rings. The second-order valence-electron chi connectivity index (χ2n) is 6.66. The van der Waals surface area contributed by atoms with Crippen LogP contribution in [0.3, 0.4) is 0 Å². The number of nitrogens with one attached hydrogen (secondary N) is 2. The molecule has 0 saturated heterocycles. The number of aryl methyl sites for hydroxylation is 1. The van der Waals surface area contributed by atoms with E-state index in [0.29, 0.717) is 6.54 Å². The summed E-state index contributed by atoms with van der Waals surface area (Å²) in [6.07, 6.45) is 0. The highest BCUT2D eigenvalue weighted by Crippen LogP contribution is 2.31. The molecule has 0 spiro atoms. The number of hydrogen-bond acceptors (Lipinski definition) is 3. The van der Waals surface area contributed by atoms with Gasteiger partial charge in [0.15, 0.2) is 0 Å². The Morgan fingerprint density at radius 2 is 1.89 bits per heavy atom. The van der Waals surface area contributed by atoms with Crippen molar-refractivity contribution in [3.05, 3.63) is 64.9 Å². The van der Waals surface area contributed by atoms with Gasteiger partial charge in [0.2, 0.25) is 5.91 Å². The van der Waals surface area contributed by atoms with Gasteiger partial charge in [-0.3, -0.25) is 4.79 Å². The SMILES string of the molecule is CCn1c2ccccc2c2cc(NC(C)C(=O)NCc3cccs3)ccc21. The quantitative estimate of drug-likeness (QED) is 0.497. The fourth-order valence-electron chi connectivity index (χ4n) is 3.54. The lowest BCUT2D eigenvalue weighted by Crippen LogP contribution is -2.37. The Labute approximate surface area is 162 Å². The Bertz CT molecular complexity index is 1080. The van der Waals surface area contributed by atoms with Crippen molar-refractivity contribution in [3.63, 3.8) is 0 Å². The highest BCUT2D eigenvalue weighted by Gasteiger charge is 2.14. The van der Waals surface area contributed by atoms with Crippen LogP contribution in [-0.4, -0.2) is 16.5 Å². The first-order chi connectivity index (χ1) is 13.2. The van der Waals surface area contributed by atoms with Crippen molar-refractivity contribution in [2.24, 2.45) is 0 Å². The Balaban J connectivity index is 1.55. The fourth-order valence-corrected chi connectivity index (χ4v) is 4.18. The number of thiophene rings is 1. The molecule has 2 aromatic carbocycles. The van der Waals surface area contributed by atoms with Crippen LogP contribution in [0.5, 0.6) is 0 Å². The van der Waals surface area contributed by atoms with Crippen LogP contribution in [0.25, 0.3) is 21.8 Å². The summed E-state index contributed by atoms with van der Waals surface area (Å²) in [4.78, 5) is 13.6. The van der Waals surface area contributed by atoms with Gasteiger partial charge in [0.25, 0.3) is 0 Å². The molecule has 2 N–H and O–H groups in total. The summed E-state index contributed by atoms with van der Waals surface area (Å²) in [6, 6.07) is 18.5. The van der Waals surface area contributed by atoms with Crippen molar-refractivity contribution in [2.75, 3.05) is 5.32 Å². The molecule has 0 aliphatic heterocycles. The highest BCUT2D eigenvalue weighted by molar-refractivity contribution is 7.09. The zero-order valence-corrected chi connectivity index (χ0v) is 16.3. The lowest BCUT2D eigenvalue weighted by Gasteiger charge is -2.15. The van der Waals surface area contributed by atoms with Crippen molar-refractivity contribution in [1.82, 2.24) is 9.88 Å². The predicted molar refractivity (Wildman–Crippen MR) is 114 cm³/mol. The highest BCUT2D eigenvalue weighted by atomic mass is 32.1. The van der Waals surface area contributed by atoms with E-state index in [1.807, 2.05) is 24.4 Å². The zero-order valence-electron chi connectivity index (χ0n) is 15.5. The van der Waals surface area contributed by atoms with Crippen molar-refractivity contribution in [2.45, 2.75) is 33.0 Å². The van der Waals surface area contributed by atoms with E-state index in [0.717, 1.165) is 17.1 Å². The normalized spacial score (nSPS) is 12.4. The molecule has 0 saturated carbocycles. The maximum absolute atomic E-state index is 12.4. The molecule has 5 heteroatoms. The molecule has 138 valence electrons. The third kappa shape index (κ3) is 3.43. The summed E-state index contributed by atoms with van der Waals surface area (Å²) in [5.74, 6) is -0.000478. The van der Waals surface area contributed by atoms with Gasteiger partial charge < -0.3 is 15.2 Å². The second kappa shape index (κ2) is 7.45. The Morgan fingerprint density at radius 1 is 1.07 bits per heavy atom. The molecule has 1 atom stereocenters. The van der Waals surface area contributed by atoms with Gasteiger partial charge in [0.1, 0.15) is 6.04 Å². The minimum absolute atomic E-state index is 0.000478. The minimum atomic E-state index is -0.304. The fraction of sp³-hybridized carbons (Fsp3) is 0.227. The van der Waals surface area contributed by atoms with Gasteiger partial charge in [-0.05, 0) is 49.6 Å². The van der Waals surface area contributed by atoms with Crippen LogP contribution in [0.15, 0.2) is 60.0 Å². The number of aromatic nitrogens is 1. The van der Waals surface area contributed by atoms with Crippen molar-refractivity contribution < 1.29 is 4.79 Å². The van der Waals surface area contributed by atoms with Gasteiger partial charge in [-0.2, -0.15) is 0 Å². The van der Waals surface area contributed by atoms with Crippen molar-refractivity contribution in [3.8, 4) is 0 Å². The molecule has 4 rings (SSSR count). The van der Waals surface area contributed by atoms with Gasteiger partial charge in [-0.25, -0.2) is 0 Å². The number of rotatable bonds is 6. The molecule has 0 radical (unpaired) electrons. The maximum atomic E-state index is 12.4. The lowest BCUT2D eigenvalue weighted by atomic mass is 10.1. The van der Waals surface area contributed by atoms with Crippen LogP contribution < -0.4 is 10.6 Å². The average Bonchev–Trinajstić information content (AvgIpc) is 3.31. The Hall–Kier alpha value is -2.79. The Morgan fingerprint density at radius 3 is 2.67 bits per heavy atom. The van der Waals surface area contributed by atoms with E-state index in [-0.39, 0.29) is 11.9 Å². The average molecular weight is 378 g/mol. The summed E-state index contributed by atoms with van der Waals surface area (Å²) >= 11 is 1.65. The van der Waals surface area contributed by atoms with E-state index in [1.165, 1.54) is 21.8 Å². The number of hydrogen-bond donors (Lipinski definition) is 2. The van der Waals surface area contributed by atoms with Crippen molar-refractivity contribution in [1.29, 1.82) is 0 Å². The smallest absolute Gasteiger partial charge is 0.242 e. The number of benzene rings is 2. The zero-order chi connectivity index (χ0) is 18.8. The van der Waals surface area contributed by atoms with E-state index >= 15 is 0 Å². The summed E-state index contributed by atoms with van der Waals surface area (Å²) in [6.45, 7) is 5.56. The number of amides is 1. The van der Waals surface area contributed by atoms with E-state index in [1.54, 1.807) is 11.3 Å². The predicted octanol–water partition coefficient (Wildman–Crippen LogP) is 4.99. The third-order valence-electron chi connectivity index (χ3n) is 4.88. The van der Waals surface area contributed by atoms with E-state index < -0.39 is 0 Å². The van der Waals surface area contributed by atoms with Crippen LogP contribution >= 0.6 is 11.3 Å². The maximum Gasteiger partial charge on any atom is 0.242 e. The second-order valence-corrected chi connectivity index (χ2v) is 7.69. The number of carbonyl (C=O) groups is 1. The molecule has 1 amide bonds. The van der Waals surface area contributed by atoms with Gasteiger partial charge in [-0.15, -0.1) is 11.3 Å². The minimum Gasteiger partial charge on any atom is -0.374 e. The molecule has 0 aliphatic rings. The number of para-hydroxylation sites is 1. The topological polar surface area (TPSA) is 46.1 Å². The molecular formula is C22H23N3OS. The summed E-state index contributed by atoms with van der Waals surface area (Å²) in [5.41, 5.74) is 3.42. The van der Waals surface area contributed by atoms with E-state index in [4.69, 9.17) is 0 Å². The van der Waals surface area contributed by atoms with Gasteiger partial charge in [0, 0.05) is 38.9 Å². The number of carbonyl (C=O) groups excluding carboxylic acids is 1. The Kier molecular flexibility index (Phi) is 4.86. The van der Waals surface area contributed by atoms with Crippen LogP contribution in [0, 0.1) is 0 Å². The molecule has 1 unspecified atom stereocenters. The number of nitrogens with zero attached hydrogens (tertiary/aromatic N) is 1. The summed E-state index contributed by atoms with van der Waals surface area (Å²) < 4.78 is 2.33. The van der Waals surface area contributed by atoms with E-state index in [9.17, 15) is 4.79 Å². The van der Waals surface area contributed by atoms with Crippen molar-refractivity contribution >= 4 is 44.7 Å². The van der Waals surface area contributed by atoms with Gasteiger partial charge >= 0.3 is 0 Å². The number of fused-ring (bicyclic) bond motifs is 3. The molecular weight excluding hydrogens is 354 g/mol. The molecule has 2 heterocycles. The molecule has 27 heavy (non-hydrogen) atoms. The van der Waals surface area contributed by atoms with Crippen LogP contribution in [-0.2, 0) is 17.9 Å².